The fourth-order valence-corrected chi connectivity index (χ4v) is 8.42. The van der Waals surface area contributed by atoms with Crippen molar-refractivity contribution in [1.82, 2.24) is 0 Å². The molecule has 43 heavy (non-hydrogen) atoms. The Kier molecular flexibility index (Phi) is 8.13. The smallest absolute Gasteiger partial charge is 0.350 e. The van der Waals surface area contributed by atoms with Crippen molar-refractivity contribution in [1.29, 1.82) is 0 Å². The largest absolute Gasteiger partial charge is 0.472 e. The SMILES string of the molecule is CC[C@](C)(OC(C)=O)C(=O)O[C@H]1[C@H](O)C[C@@H]2[C@@](C)([C@@H]3C[C@H]4C=CO[C@H]4O3)[C@H](C)C[C@H](OC(C)=O)[C@@]2(COC(C)=O)[C@@]12CO2. The summed E-state index contributed by atoms with van der Waals surface area (Å²) in [5, 5.41) is 11.8. The van der Waals surface area contributed by atoms with Crippen LogP contribution in [0, 0.1) is 28.6 Å². The average molecular weight is 609 g/mol. The van der Waals surface area contributed by atoms with Gasteiger partial charge in [0.05, 0.1) is 30.5 Å². The van der Waals surface area contributed by atoms with E-state index in [1.54, 1.807) is 13.2 Å². The molecule has 1 N–H and O–H groups in total. The van der Waals surface area contributed by atoms with Crippen LogP contribution >= 0.6 is 0 Å². The van der Waals surface area contributed by atoms with Crippen molar-refractivity contribution in [3.63, 3.8) is 0 Å². The summed E-state index contributed by atoms with van der Waals surface area (Å²) in [4.78, 5) is 50.3. The average Bonchev–Trinajstić information content (AvgIpc) is 3.40. The van der Waals surface area contributed by atoms with E-state index in [1.165, 1.54) is 27.7 Å². The molecule has 2 saturated heterocycles. The highest BCUT2D eigenvalue weighted by Gasteiger charge is 2.81. The second-order valence-electron chi connectivity index (χ2n) is 13.3. The zero-order valence-corrected chi connectivity index (χ0v) is 26.0. The molecule has 4 fully saturated rings. The minimum atomic E-state index is -1.60. The third-order valence-electron chi connectivity index (χ3n) is 11.0. The summed E-state index contributed by atoms with van der Waals surface area (Å²) in [6, 6.07) is 0. The molecule has 12 heteroatoms. The molecule has 1 spiro atoms. The third-order valence-corrected chi connectivity index (χ3v) is 11.0. The fraction of sp³-hybridized carbons (Fsp3) is 0.806. The predicted molar refractivity (Wildman–Crippen MR) is 147 cm³/mol. The number of carbonyl (C=O) groups excluding carboxylic acids is 4. The molecule has 12 nitrogen and oxygen atoms in total. The molecule has 0 amide bonds. The molecule has 0 unspecified atom stereocenters. The van der Waals surface area contributed by atoms with E-state index in [0.29, 0.717) is 12.8 Å². The van der Waals surface area contributed by atoms with Gasteiger partial charge in [-0.2, -0.15) is 0 Å². The Balaban J connectivity index is 1.61. The minimum absolute atomic E-state index is 0.0566. The van der Waals surface area contributed by atoms with Crippen molar-refractivity contribution in [2.24, 2.45) is 28.6 Å². The van der Waals surface area contributed by atoms with Crippen LogP contribution in [0.1, 0.15) is 74.1 Å². The second kappa shape index (κ2) is 11.0. The predicted octanol–water partition coefficient (Wildman–Crippen LogP) is 2.58. The Hall–Kier alpha value is -2.70. The number of epoxide rings is 1. The van der Waals surface area contributed by atoms with E-state index in [4.69, 9.17) is 33.2 Å². The molecule has 2 saturated carbocycles. The van der Waals surface area contributed by atoms with E-state index in [-0.39, 0.29) is 44.0 Å². The van der Waals surface area contributed by atoms with Gasteiger partial charge >= 0.3 is 23.9 Å². The highest BCUT2D eigenvalue weighted by Crippen LogP contribution is 2.70. The van der Waals surface area contributed by atoms with Gasteiger partial charge in [0.2, 0.25) is 11.9 Å². The topological polar surface area (TPSA) is 156 Å². The van der Waals surface area contributed by atoms with Gasteiger partial charge in [-0.3, -0.25) is 14.4 Å². The van der Waals surface area contributed by atoms with E-state index in [0.717, 1.165) is 0 Å². The first-order valence-electron chi connectivity index (χ1n) is 15.2. The van der Waals surface area contributed by atoms with Gasteiger partial charge in [0.1, 0.15) is 18.3 Å². The van der Waals surface area contributed by atoms with Gasteiger partial charge in [-0.05, 0) is 50.5 Å². The number of fused-ring (bicyclic) bond motifs is 3. The van der Waals surface area contributed by atoms with Gasteiger partial charge in [-0.15, -0.1) is 0 Å². The Morgan fingerprint density at radius 3 is 2.30 bits per heavy atom. The van der Waals surface area contributed by atoms with Crippen molar-refractivity contribution in [2.75, 3.05) is 13.2 Å². The maximum absolute atomic E-state index is 13.6. The van der Waals surface area contributed by atoms with E-state index >= 15 is 0 Å². The summed E-state index contributed by atoms with van der Waals surface area (Å²) in [6.45, 7) is 11.0. The quantitative estimate of drug-likeness (QED) is 0.244. The molecule has 3 heterocycles. The molecule has 12 atom stereocenters. The van der Waals surface area contributed by atoms with Crippen molar-refractivity contribution in [3.8, 4) is 0 Å². The highest BCUT2D eigenvalue weighted by atomic mass is 16.7. The Bertz CT molecular complexity index is 1180. The van der Waals surface area contributed by atoms with Crippen molar-refractivity contribution in [3.05, 3.63) is 12.3 Å². The monoisotopic (exact) mass is 608 g/mol. The molecule has 5 aliphatic rings. The zero-order chi connectivity index (χ0) is 31.5. The molecule has 2 aliphatic carbocycles. The molecule has 0 radical (unpaired) electrons. The number of hydrogen-bond donors (Lipinski definition) is 1. The number of rotatable bonds is 8. The number of carbonyl (C=O) groups is 4. The highest BCUT2D eigenvalue weighted by molar-refractivity contribution is 5.82. The summed E-state index contributed by atoms with van der Waals surface area (Å²) in [5.41, 5.74) is -4.80. The molecule has 0 aromatic carbocycles. The Morgan fingerprint density at radius 1 is 1.05 bits per heavy atom. The number of esters is 4. The molecule has 3 aliphatic heterocycles. The number of aliphatic hydroxyl groups is 1. The van der Waals surface area contributed by atoms with E-state index in [1.807, 2.05) is 6.08 Å². The standard InChI is InChI=1S/C31H44O12/c1-8-28(6,43-19(5)34)27(36)42-25-21(35)13-22-29(7,23-12-20-9-10-37-26(20)41-23)16(2)11-24(40-18(4)33)30(22,14-38-17(3)32)31(25)15-39-31/h9-10,16,20-26,35H,8,11-15H2,1-7H3/t16-,20-,21-,22-,23+,24+,25+,26+,28+,29+,30+,31-/m1/s1. The van der Waals surface area contributed by atoms with Crippen LogP contribution in [-0.2, 0) is 52.3 Å². The van der Waals surface area contributed by atoms with E-state index in [2.05, 4.69) is 13.8 Å². The zero-order valence-electron chi connectivity index (χ0n) is 26.0. The van der Waals surface area contributed by atoms with Gasteiger partial charge < -0.3 is 38.3 Å². The van der Waals surface area contributed by atoms with Crippen LogP contribution in [0.5, 0.6) is 0 Å². The van der Waals surface area contributed by atoms with E-state index in [9.17, 15) is 24.3 Å². The van der Waals surface area contributed by atoms with Crippen molar-refractivity contribution < 1.29 is 57.4 Å². The summed E-state index contributed by atoms with van der Waals surface area (Å²) in [7, 11) is 0. The van der Waals surface area contributed by atoms with Crippen LogP contribution in [0.4, 0.5) is 0 Å². The lowest BCUT2D eigenvalue weighted by atomic mass is 9.41. The maximum atomic E-state index is 13.6. The van der Waals surface area contributed by atoms with Gasteiger partial charge in [-0.25, -0.2) is 4.79 Å². The van der Waals surface area contributed by atoms with Crippen molar-refractivity contribution >= 4 is 23.9 Å². The van der Waals surface area contributed by atoms with Crippen LogP contribution < -0.4 is 0 Å². The molecule has 240 valence electrons. The Morgan fingerprint density at radius 2 is 1.74 bits per heavy atom. The van der Waals surface area contributed by atoms with Gasteiger partial charge in [0.15, 0.2) is 6.10 Å². The fourth-order valence-electron chi connectivity index (χ4n) is 8.42. The molecular weight excluding hydrogens is 564 g/mol. The van der Waals surface area contributed by atoms with Crippen LogP contribution in [0.25, 0.3) is 0 Å². The van der Waals surface area contributed by atoms with Crippen LogP contribution in [0.15, 0.2) is 12.3 Å². The summed E-state index contributed by atoms with van der Waals surface area (Å²) < 4.78 is 41.5. The molecular formula is C31H44O12. The normalized spacial score (nSPS) is 43.9. The Labute approximate surface area is 251 Å². The number of aliphatic hydroxyl groups excluding tert-OH is 1. The van der Waals surface area contributed by atoms with Crippen LogP contribution in [-0.4, -0.2) is 84.1 Å². The molecule has 0 aromatic rings. The lowest BCUT2D eigenvalue weighted by molar-refractivity contribution is -0.285. The number of ether oxygens (including phenoxy) is 7. The van der Waals surface area contributed by atoms with Crippen LogP contribution in [0.2, 0.25) is 0 Å². The third kappa shape index (κ3) is 4.93. The lowest BCUT2D eigenvalue weighted by Gasteiger charge is -2.65. The minimum Gasteiger partial charge on any atom is -0.472 e. The van der Waals surface area contributed by atoms with Crippen LogP contribution in [0.3, 0.4) is 0 Å². The first-order chi connectivity index (χ1) is 20.1. The number of hydrogen-bond acceptors (Lipinski definition) is 12. The molecule has 0 aromatic heterocycles. The summed E-state index contributed by atoms with van der Waals surface area (Å²) in [5.74, 6) is -2.99. The molecule has 0 bridgehead atoms. The van der Waals surface area contributed by atoms with Gasteiger partial charge in [0.25, 0.3) is 0 Å². The van der Waals surface area contributed by atoms with Gasteiger partial charge in [-0.1, -0.05) is 20.8 Å². The first-order valence-corrected chi connectivity index (χ1v) is 15.2. The second-order valence-corrected chi connectivity index (χ2v) is 13.3. The van der Waals surface area contributed by atoms with Gasteiger partial charge in [0, 0.05) is 32.1 Å². The maximum Gasteiger partial charge on any atom is 0.350 e. The summed E-state index contributed by atoms with van der Waals surface area (Å²) >= 11 is 0. The van der Waals surface area contributed by atoms with Crippen molar-refractivity contribution in [2.45, 2.75) is 116 Å². The first kappa shape index (κ1) is 31.7. The molecule has 5 rings (SSSR count). The lowest BCUT2D eigenvalue weighted by Crippen LogP contribution is -2.74. The van der Waals surface area contributed by atoms with E-state index < -0.39 is 76.4 Å². The summed E-state index contributed by atoms with van der Waals surface area (Å²) in [6.07, 6.45) is 1.03.